The summed E-state index contributed by atoms with van der Waals surface area (Å²) < 4.78 is 8.19. The van der Waals surface area contributed by atoms with Gasteiger partial charge in [-0.1, -0.05) is 69.6 Å². The molecular formula is C24H21BrClN7O2S. The van der Waals surface area contributed by atoms with Crippen molar-refractivity contribution in [1.29, 1.82) is 0 Å². The van der Waals surface area contributed by atoms with Crippen molar-refractivity contribution in [1.82, 2.24) is 14.9 Å². The van der Waals surface area contributed by atoms with Crippen LogP contribution in [0.5, 0.6) is 5.75 Å². The lowest BCUT2D eigenvalue weighted by Gasteiger charge is -2.09. The van der Waals surface area contributed by atoms with Gasteiger partial charge in [-0.15, -0.1) is 10.2 Å². The van der Waals surface area contributed by atoms with Gasteiger partial charge >= 0.3 is 0 Å². The summed E-state index contributed by atoms with van der Waals surface area (Å²) in [6, 6.07) is 22.4. The van der Waals surface area contributed by atoms with Gasteiger partial charge in [0.05, 0.1) is 12.0 Å². The molecule has 0 saturated heterocycles. The molecule has 0 unspecified atom stereocenters. The molecule has 184 valence electrons. The van der Waals surface area contributed by atoms with Crippen LogP contribution in [0.4, 0.5) is 11.6 Å². The number of para-hydroxylation sites is 1. The number of hydrogen-bond donors (Lipinski definition) is 3. The Morgan fingerprint density at radius 1 is 1.14 bits per heavy atom. The number of anilines is 2. The van der Waals surface area contributed by atoms with E-state index >= 15 is 0 Å². The Kier molecular flexibility index (Phi) is 8.82. The van der Waals surface area contributed by atoms with Gasteiger partial charge < -0.3 is 15.9 Å². The van der Waals surface area contributed by atoms with Gasteiger partial charge in [-0.2, -0.15) is 5.10 Å². The SMILES string of the molecule is Nn1c(N/N=C/c2ccccc2OCc2cccc(Br)c2)nnc1SCC(=O)Nc1cccc(Cl)c1. The summed E-state index contributed by atoms with van der Waals surface area (Å²) in [4.78, 5) is 12.2. The van der Waals surface area contributed by atoms with Crippen LogP contribution in [0.3, 0.4) is 0 Å². The number of ether oxygens (including phenoxy) is 1. The summed E-state index contributed by atoms with van der Waals surface area (Å²) in [5.74, 6) is 6.82. The van der Waals surface area contributed by atoms with E-state index in [4.69, 9.17) is 22.2 Å². The Hall–Kier alpha value is -3.54. The van der Waals surface area contributed by atoms with Gasteiger partial charge in [0, 0.05) is 20.7 Å². The fourth-order valence-corrected chi connectivity index (χ4v) is 4.30. The number of nitrogen functional groups attached to an aromatic ring is 1. The molecule has 0 aliphatic rings. The van der Waals surface area contributed by atoms with Crippen molar-refractivity contribution in [3.63, 3.8) is 0 Å². The molecule has 0 atom stereocenters. The third kappa shape index (κ3) is 7.23. The smallest absolute Gasteiger partial charge is 0.264 e. The number of hydrazone groups is 1. The van der Waals surface area contributed by atoms with E-state index in [0.717, 1.165) is 27.4 Å². The maximum Gasteiger partial charge on any atom is 0.264 e. The summed E-state index contributed by atoms with van der Waals surface area (Å²) in [6.45, 7) is 0.417. The molecule has 12 heteroatoms. The summed E-state index contributed by atoms with van der Waals surface area (Å²) in [5.41, 5.74) is 5.19. The highest BCUT2D eigenvalue weighted by Gasteiger charge is 2.12. The monoisotopic (exact) mass is 585 g/mol. The van der Waals surface area contributed by atoms with Crippen LogP contribution in [0.2, 0.25) is 5.02 Å². The number of hydrogen-bond acceptors (Lipinski definition) is 8. The molecule has 0 aliphatic heterocycles. The number of rotatable bonds is 10. The molecule has 1 amide bonds. The number of amides is 1. The Balaban J connectivity index is 1.31. The van der Waals surface area contributed by atoms with E-state index in [1.54, 1.807) is 30.5 Å². The van der Waals surface area contributed by atoms with Crippen LogP contribution in [-0.4, -0.2) is 32.7 Å². The van der Waals surface area contributed by atoms with E-state index in [2.05, 4.69) is 42.0 Å². The Labute approximate surface area is 225 Å². The van der Waals surface area contributed by atoms with Gasteiger partial charge in [0.15, 0.2) is 0 Å². The first-order valence-electron chi connectivity index (χ1n) is 10.6. The van der Waals surface area contributed by atoms with Crippen molar-refractivity contribution >= 4 is 63.1 Å². The molecule has 0 spiro atoms. The van der Waals surface area contributed by atoms with E-state index in [9.17, 15) is 4.79 Å². The number of carbonyl (C=O) groups is 1. The zero-order valence-electron chi connectivity index (χ0n) is 18.8. The van der Waals surface area contributed by atoms with Gasteiger partial charge in [0.1, 0.15) is 12.4 Å². The predicted molar refractivity (Wildman–Crippen MR) is 147 cm³/mol. The lowest BCUT2D eigenvalue weighted by Crippen LogP contribution is -2.16. The van der Waals surface area contributed by atoms with E-state index < -0.39 is 0 Å². The van der Waals surface area contributed by atoms with Crippen LogP contribution in [0.25, 0.3) is 0 Å². The molecule has 0 saturated carbocycles. The van der Waals surface area contributed by atoms with Gasteiger partial charge in [-0.05, 0) is 48.0 Å². The molecule has 0 fully saturated rings. The third-order valence-electron chi connectivity index (χ3n) is 4.68. The zero-order valence-corrected chi connectivity index (χ0v) is 21.9. The Bertz CT molecular complexity index is 1380. The molecule has 0 bridgehead atoms. The molecule has 9 nitrogen and oxygen atoms in total. The Morgan fingerprint density at radius 3 is 2.81 bits per heavy atom. The molecule has 4 N–H and O–H groups in total. The summed E-state index contributed by atoms with van der Waals surface area (Å²) >= 11 is 10.5. The second kappa shape index (κ2) is 12.4. The first-order valence-corrected chi connectivity index (χ1v) is 12.8. The summed E-state index contributed by atoms with van der Waals surface area (Å²) in [5, 5.41) is 15.9. The van der Waals surface area contributed by atoms with Gasteiger partial charge in [0.25, 0.3) is 5.95 Å². The minimum Gasteiger partial charge on any atom is -0.488 e. The van der Waals surface area contributed by atoms with Crippen LogP contribution in [0.15, 0.2) is 87.5 Å². The standard InChI is InChI=1S/C24H21BrClN7O2S/c25-18-7-3-5-16(11-18)14-35-21-10-2-1-6-17(21)13-28-30-23-31-32-24(33(23)27)36-15-22(34)29-20-9-4-8-19(26)12-20/h1-13H,14-15,27H2,(H,29,34)(H,30,31)/b28-13+. The van der Waals surface area contributed by atoms with Crippen LogP contribution < -0.4 is 21.3 Å². The maximum absolute atomic E-state index is 12.2. The number of carbonyl (C=O) groups excluding carboxylic acids is 1. The highest BCUT2D eigenvalue weighted by Crippen LogP contribution is 2.21. The highest BCUT2D eigenvalue weighted by molar-refractivity contribution is 9.10. The normalized spacial score (nSPS) is 10.9. The number of nitrogens with zero attached hydrogens (tertiary/aromatic N) is 4. The summed E-state index contributed by atoms with van der Waals surface area (Å²) in [6.07, 6.45) is 1.61. The molecule has 0 aliphatic carbocycles. The van der Waals surface area contributed by atoms with Crippen LogP contribution in [0, 0.1) is 0 Å². The largest absolute Gasteiger partial charge is 0.488 e. The number of aromatic nitrogens is 3. The summed E-state index contributed by atoms with van der Waals surface area (Å²) in [7, 11) is 0. The highest BCUT2D eigenvalue weighted by atomic mass is 79.9. The molecule has 1 heterocycles. The molecule has 4 rings (SSSR count). The number of halogens is 2. The minimum atomic E-state index is -0.225. The molecule has 1 aromatic heterocycles. The van der Waals surface area contributed by atoms with Crippen molar-refractivity contribution in [3.05, 3.63) is 93.4 Å². The van der Waals surface area contributed by atoms with Crippen molar-refractivity contribution in [2.75, 3.05) is 22.3 Å². The molecule has 36 heavy (non-hydrogen) atoms. The lowest BCUT2D eigenvalue weighted by atomic mass is 10.2. The number of nitrogens with two attached hydrogens (primary N) is 1. The molecule has 3 aromatic carbocycles. The third-order valence-corrected chi connectivity index (χ3v) is 6.35. The van der Waals surface area contributed by atoms with E-state index in [-0.39, 0.29) is 17.6 Å². The van der Waals surface area contributed by atoms with E-state index in [1.807, 2.05) is 48.5 Å². The molecular weight excluding hydrogens is 566 g/mol. The minimum absolute atomic E-state index is 0.0911. The topological polar surface area (TPSA) is 119 Å². The second-order valence-electron chi connectivity index (χ2n) is 7.35. The fourth-order valence-electron chi connectivity index (χ4n) is 3.01. The van der Waals surface area contributed by atoms with E-state index in [1.165, 1.54) is 4.68 Å². The van der Waals surface area contributed by atoms with Gasteiger partial charge in [0.2, 0.25) is 11.1 Å². The second-order valence-corrected chi connectivity index (χ2v) is 9.64. The average molecular weight is 587 g/mol. The predicted octanol–water partition coefficient (Wildman–Crippen LogP) is 5.16. The molecule has 0 radical (unpaired) electrons. The van der Waals surface area contributed by atoms with Crippen molar-refractivity contribution in [2.24, 2.45) is 5.10 Å². The number of thioether (sulfide) groups is 1. The zero-order chi connectivity index (χ0) is 25.3. The Morgan fingerprint density at radius 2 is 1.97 bits per heavy atom. The first-order chi connectivity index (χ1) is 17.5. The number of benzene rings is 3. The first kappa shape index (κ1) is 25.5. The maximum atomic E-state index is 12.2. The van der Waals surface area contributed by atoms with Gasteiger partial charge in [-0.3, -0.25) is 4.79 Å². The van der Waals surface area contributed by atoms with Crippen LogP contribution in [0.1, 0.15) is 11.1 Å². The lowest BCUT2D eigenvalue weighted by molar-refractivity contribution is -0.113. The van der Waals surface area contributed by atoms with Crippen LogP contribution in [-0.2, 0) is 11.4 Å². The average Bonchev–Trinajstić information content (AvgIpc) is 3.21. The van der Waals surface area contributed by atoms with Gasteiger partial charge in [-0.25, -0.2) is 10.1 Å². The van der Waals surface area contributed by atoms with E-state index in [0.29, 0.717) is 28.2 Å². The quantitative estimate of drug-likeness (QED) is 0.102. The molecule has 4 aromatic rings. The van der Waals surface area contributed by atoms with Crippen LogP contribution >= 0.6 is 39.3 Å². The van der Waals surface area contributed by atoms with Crippen molar-refractivity contribution in [3.8, 4) is 5.75 Å². The fraction of sp³-hybridized carbons (Fsp3) is 0.0833. The van der Waals surface area contributed by atoms with Crippen molar-refractivity contribution < 1.29 is 9.53 Å². The number of nitrogens with one attached hydrogen (secondary N) is 2. The van der Waals surface area contributed by atoms with Crippen molar-refractivity contribution in [2.45, 2.75) is 11.8 Å².